The zero-order valence-corrected chi connectivity index (χ0v) is 20.8. The molecule has 1 N–H and O–H groups in total. The van der Waals surface area contributed by atoms with Gasteiger partial charge in [-0.15, -0.1) is 0 Å². The maximum atomic E-state index is 6.19. The highest BCUT2D eigenvalue weighted by molar-refractivity contribution is 5.82. The quantitative estimate of drug-likeness (QED) is 0.303. The van der Waals surface area contributed by atoms with Crippen LogP contribution in [0.1, 0.15) is 36.1 Å². The number of likely N-dealkylation sites (tertiary alicyclic amines) is 1. The number of nitrogens with zero attached hydrogens (tertiary/aromatic N) is 2. The Kier molecular flexibility index (Phi) is 7.82. The van der Waals surface area contributed by atoms with Crippen molar-refractivity contribution in [3.8, 4) is 5.75 Å². The third-order valence-corrected chi connectivity index (χ3v) is 7.34. The van der Waals surface area contributed by atoms with E-state index in [4.69, 9.17) is 4.74 Å². The zero-order valence-electron chi connectivity index (χ0n) is 20.8. The van der Waals surface area contributed by atoms with Crippen molar-refractivity contribution in [3.05, 3.63) is 102 Å². The lowest BCUT2D eigenvalue weighted by Gasteiger charge is -2.32. The van der Waals surface area contributed by atoms with E-state index in [0.717, 1.165) is 44.3 Å². The first kappa shape index (κ1) is 23.7. The normalized spacial score (nSPS) is 15.0. The average Bonchev–Trinajstić information content (AvgIpc) is 3.21. The number of hydrogen-bond donors (Lipinski definition) is 1. The van der Waals surface area contributed by atoms with E-state index >= 15 is 0 Å². The van der Waals surface area contributed by atoms with Crippen LogP contribution in [0.3, 0.4) is 0 Å². The number of hydrogen-bond acceptors (Lipinski definition) is 3. The number of ether oxygens (including phenoxy) is 1. The van der Waals surface area contributed by atoms with Crippen LogP contribution in [0.15, 0.2) is 84.9 Å². The molecule has 0 atom stereocenters. The van der Waals surface area contributed by atoms with Gasteiger partial charge >= 0.3 is 0 Å². The van der Waals surface area contributed by atoms with Crippen molar-refractivity contribution in [2.24, 2.45) is 13.0 Å². The highest BCUT2D eigenvalue weighted by Gasteiger charge is 2.19. The number of benzene rings is 3. The van der Waals surface area contributed by atoms with Crippen LogP contribution in [0.25, 0.3) is 10.9 Å². The molecule has 4 nitrogen and oxygen atoms in total. The molecule has 0 amide bonds. The van der Waals surface area contributed by atoms with Crippen molar-refractivity contribution in [2.75, 3.05) is 19.7 Å². The molecule has 1 aromatic heterocycles. The number of nitrogens with one attached hydrogen (secondary N) is 1. The number of aromatic nitrogens is 1. The number of aryl methyl sites for hydroxylation is 1. The van der Waals surface area contributed by atoms with Gasteiger partial charge in [0.15, 0.2) is 0 Å². The Morgan fingerprint density at radius 2 is 1.54 bits per heavy atom. The Morgan fingerprint density at radius 3 is 2.29 bits per heavy atom. The summed E-state index contributed by atoms with van der Waals surface area (Å²) in [5, 5.41) is 4.81. The molecular formula is C31H37N3O. The van der Waals surface area contributed by atoms with Crippen LogP contribution in [-0.2, 0) is 26.7 Å². The second-order valence-electron chi connectivity index (χ2n) is 9.85. The summed E-state index contributed by atoms with van der Waals surface area (Å²) in [6.07, 6.45) is 3.68. The molecule has 1 saturated heterocycles. The van der Waals surface area contributed by atoms with Crippen molar-refractivity contribution in [1.29, 1.82) is 0 Å². The average molecular weight is 468 g/mol. The van der Waals surface area contributed by atoms with E-state index in [0.29, 0.717) is 0 Å². The Labute approximate surface area is 209 Å². The molecule has 5 rings (SSSR count). The zero-order chi connectivity index (χ0) is 23.9. The van der Waals surface area contributed by atoms with Crippen molar-refractivity contribution >= 4 is 10.9 Å². The minimum Gasteiger partial charge on any atom is -0.494 e. The van der Waals surface area contributed by atoms with E-state index in [1.807, 2.05) is 0 Å². The molecule has 182 valence electrons. The SMILES string of the molecule is Cn1c(CNCc2ccccc2)cc2cc(OCCC3CCN(Cc4ccccc4)CC3)ccc21. The Morgan fingerprint density at radius 1 is 0.829 bits per heavy atom. The lowest BCUT2D eigenvalue weighted by molar-refractivity contribution is 0.157. The topological polar surface area (TPSA) is 29.4 Å². The molecular weight excluding hydrogens is 430 g/mol. The van der Waals surface area contributed by atoms with E-state index in [1.165, 1.54) is 53.7 Å². The molecule has 3 aromatic carbocycles. The van der Waals surface area contributed by atoms with E-state index in [9.17, 15) is 0 Å². The van der Waals surface area contributed by atoms with Gasteiger partial charge in [-0.25, -0.2) is 0 Å². The van der Waals surface area contributed by atoms with Gasteiger partial charge in [0.2, 0.25) is 0 Å². The second kappa shape index (κ2) is 11.6. The van der Waals surface area contributed by atoms with Crippen LogP contribution in [0, 0.1) is 5.92 Å². The Bertz CT molecular complexity index is 1190. The van der Waals surface area contributed by atoms with Crippen LogP contribution in [0.4, 0.5) is 0 Å². The molecule has 4 heteroatoms. The largest absolute Gasteiger partial charge is 0.494 e. The fraction of sp³-hybridized carbons (Fsp3) is 0.355. The van der Waals surface area contributed by atoms with Crippen molar-refractivity contribution in [1.82, 2.24) is 14.8 Å². The Hall–Kier alpha value is -3.08. The molecule has 1 aliphatic rings. The fourth-order valence-electron chi connectivity index (χ4n) is 5.19. The molecule has 35 heavy (non-hydrogen) atoms. The van der Waals surface area contributed by atoms with E-state index in [2.05, 4.69) is 107 Å². The van der Waals surface area contributed by atoms with Gasteiger partial charge in [-0.05, 0) is 73.7 Å². The minimum absolute atomic E-state index is 0.768. The summed E-state index contributed by atoms with van der Waals surface area (Å²) in [5.41, 5.74) is 5.26. The molecule has 0 spiro atoms. The van der Waals surface area contributed by atoms with Gasteiger partial charge in [0.1, 0.15) is 5.75 Å². The van der Waals surface area contributed by atoms with Crippen LogP contribution in [0.2, 0.25) is 0 Å². The first-order valence-electron chi connectivity index (χ1n) is 13.0. The Balaban J connectivity index is 1.07. The minimum atomic E-state index is 0.768. The number of fused-ring (bicyclic) bond motifs is 1. The summed E-state index contributed by atoms with van der Waals surface area (Å²) in [7, 11) is 2.15. The van der Waals surface area contributed by atoms with Gasteiger partial charge in [-0.1, -0.05) is 60.7 Å². The van der Waals surface area contributed by atoms with Crippen molar-refractivity contribution in [2.45, 2.75) is 38.9 Å². The lowest BCUT2D eigenvalue weighted by Crippen LogP contribution is -2.33. The third-order valence-electron chi connectivity index (χ3n) is 7.34. The molecule has 0 aliphatic carbocycles. The van der Waals surface area contributed by atoms with E-state index in [-0.39, 0.29) is 0 Å². The van der Waals surface area contributed by atoms with E-state index < -0.39 is 0 Å². The highest BCUT2D eigenvalue weighted by Crippen LogP contribution is 2.26. The molecule has 0 bridgehead atoms. The maximum absolute atomic E-state index is 6.19. The molecule has 2 heterocycles. The van der Waals surface area contributed by atoms with Crippen LogP contribution in [0.5, 0.6) is 5.75 Å². The summed E-state index contributed by atoms with van der Waals surface area (Å²) in [5.74, 6) is 1.75. The van der Waals surface area contributed by atoms with Gasteiger partial charge in [0, 0.05) is 43.3 Å². The van der Waals surface area contributed by atoms with Crippen LogP contribution >= 0.6 is 0 Å². The van der Waals surface area contributed by atoms with Crippen LogP contribution < -0.4 is 10.1 Å². The molecule has 1 fully saturated rings. The maximum Gasteiger partial charge on any atom is 0.120 e. The third kappa shape index (κ3) is 6.33. The summed E-state index contributed by atoms with van der Waals surface area (Å²) >= 11 is 0. The number of piperidine rings is 1. The summed E-state index contributed by atoms with van der Waals surface area (Å²) in [6.45, 7) is 5.98. The second-order valence-corrected chi connectivity index (χ2v) is 9.85. The summed E-state index contributed by atoms with van der Waals surface area (Å²) in [4.78, 5) is 2.59. The lowest BCUT2D eigenvalue weighted by atomic mass is 9.93. The predicted molar refractivity (Wildman–Crippen MR) is 144 cm³/mol. The summed E-state index contributed by atoms with van der Waals surface area (Å²) < 4.78 is 8.47. The van der Waals surface area contributed by atoms with Gasteiger partial charge in [-0.2, -0.15) is 0 Å². The smallest absolute Gasteiger partial charge is 0.120 e. The van der Waals surface area contributed by atoms with Gasteiger partial charge in [-0.3, -0.25) is 4.90 Å². The molecule has 0 saturated carbocycles. The van der Waals surface area contributed by atoms with Crippen LogP contribution in [-0.4, -0.2) is 29.2 Å². The number of rotatable bonds is 10. The monoisotopic (exact) mass is 467 g/mol. The molecule has 4 aromatic rings. The molecule has 1 aliphatic heterocycles. The standard InChI is InChI=1S/C31H37N3O/c1-33-29(23-32-22-26-8-4-2-5-9-26)20-28-21-30(12-13-31(28)33)35-19-16-25-14-17-34(18-15-25)24-27-10-6-3-7-11-27/h2-13,20-21,25,32H,14-19,22-24H2,1H3. The van der Waals surface area contributed by atoms with E-state index in [1.54, 1.807) is 0 Å². The van der Waals surface area contributed by atoms with Gasteiger partial charge in [0.05, 0.1) is 6.61 Å². The van der Waals surface area contributed by atoms with Gasteiger partial charge in [0.25, 0.3) is 0 Å². The predicted octanol–water partition coefficient (Wildman–Crippen LogP) is 6.15. The highest BCUT2D eigenvalue weighted by atomic mass is 16.5. The summed E-state index contributed by atoms with van der Waals surface area (Å²) in [6, 6.07) is 30.2. The van der Waals surface area contributed by atoms with Crippen molar-refractivity contribution < 1.29 is 4.74 Å². The van der Waals surface area contributed by atoms with Gasteiger partial charge < -0.3 is 14.6 Å². The molecule has 0 radical (unpaired) electrons. The first-order chi connectivity index (χ1) is 17.2. The molecule has 0 unspecified atom stereocenters. The van der Waals surface area contributed by atoms with Crippen molar-refractivity contribution in [3.63, 3.8) is 0 Å². The first-order valence-corrected chi connectivity index (χ1v) is 13.0. The fourth-order valence-corrected chi connectivity index (χ4v) is 5.19.